The summed E-state index contributed by atoms with van der Waals surface area (Å²) in [4.78, 5) is 54.3. The van der Waals surface area contributed by atoms with Crippen molar-refractivity contribution in [1.29, 1.82) is 0 Å². The quantitative estimate of drug-likeness (QED) is 0.450. The summed E-state index contributed by atoms with van der Waals surface area (Å²) in [7, 11) is 4.70. The Balaban J connectivity index is 1.89. The van der Waals surface area contributed by atoms with E-state index in [0.717, 1.165) is 16.7 Å². The molecule has 2 aliphatic rings. The number of fused-ring (bicyclic) bond motifs is 1. The summed E-state index contributed by atoms with van der Waals surface area (Å²) in [6, 6.07) is 9.24. The van der Waals surface area contributed by atoms with Gasteiger partial charge in [-0.25, -0.2) is 9.18 Å². The maximum Gasteiger partial charge on any atom is 0.506 e. The Morgan fingerprint density at radius 1 is 1.20 bits per heavy atom. The number of urea groups is 1. The van der Waals surface area contributed by atoms with Crippen molar-refractivity contribution in [2.24, 2.45) is 5.92 Å². The SMILES string of the molecule is COc1ccc(C=O)cc1C[N+]1=C2SC(C(=O)N(C)C)=C(C)C2C(=O)N(c2ccc(F)cc2)C1=O. The maximum atomic E-state index is 13.7. The standard InChI is InChI=1S/C25H23FN3O5S/c1-14-20-22(31)29(18-8-6-17(26)7-9-18)25(33)28(24(20)35-21(14)23(32)27(2)3)12-16-11-15(13-30)5-10-19(16)34-4/h5-11,13,20H,12H2,1-4H3/q+1. The Hall–Kier alpha value is -3.79. The molecule has 4 rings (SSSR count). The van der Waals surface area contributed by atoms with E-state index in [2.05, 4.69) is 0 Å². The average molecular weight is 497 g/mol. The summed E-state index contributed by atoms with van der Waals surface area (Å²) >= 11 is 1.09. The lowest BCUT2D eigenvalue weighted by atomic mass is 9.97. The lowest BCUT2D eigenvalue weighted by Gasteiger charge is -2.25. The van der Waals surface area contributed by atoms with Crippen LogP contribution in [0.15, 0.2) is 52.9 Å². The van der Waals surface area contributed by atoms with Crippen molar-refractivity contribution in [2.75, 3.05) is 26.1 Å². The van der Waals surface area contributed by atoms with Gasteiger partial charge in [0.05, 0.1) is 12.0 Å². The van der Waals surface area contributed by atoms with Gasteiger partial charge >= 0.3 is 11.9 Å². The van der Waals surface area contributed by atoms with Crippen LogP contribution in [0.4, 0.5) is 14.9 Å². The molecule has 0 aliphatic carbocycles. The van der Waals surface area contributed by atoms with E-state index in [4.69, 9.17) is 4.74 Å². The number of ether oxygens (including phenoxy) is 1. The van der Waals surface area contributed by atoms with E-state index in [-0.39, 0.29) is 18.1 Å². The first-order valence-electron chi connectivity index (χ1n) is 10.7. The zero-order chi connectivity index (χ0) is 25.4. The number of benzene rings is 2. The van der Waals surface area contributed by atoms with Gasteiger partial charge in [0, 0.05) is 25.2 Å². The molecule has 0 bridgehead atoms. The molecule has 0 radical (unpaired) electrons. The minimum Gasteiger partial charge on any atom is -0.496 e. The summed E-state index contributed by atoms with van der Waals surface area (Å²) in [5.74, 6) is -1.70. The summed E-state index contributed by atoms with van der Waals surface area (Å²) in [6.45, 7) is 1.69. The molecule has 0 saturated heterocycles. The number of aldehydes is 1. The normalized spacial score (nSPS) is 17.6. The third kappa shape index (κ3) is 4.25. The second-order valence-corrected chi connectivity index (χ2v) is 9.32. The predicted octanol–water partition coefficient (Wildman–Crippen LogP) is 3.45. The molecule has 8 nitrogen and oxygen atoms in total. The van der Waals surface area contributed by atoms with E-state index in [1.54, 1.807) is 39.2 Å². The Morgan fingerprint density at radius 3 is 2.49 bits per heavy atom. The molecular weight excluding hydrogens is 473 g/mol. The fourth-order valence-corrected chi connectivity index (χ4v) is 5.46. The van der Waals surface area contributed by atoms with E-state index < -0.39 is 23.7 Å². The number of halogens is 1. The van der Waals surface area contributed by atoms with Crippen molar-refractivity contribution in [2.45, 2.75) is 13.5 Å². The number of imide groups is 1. The first-order valence-corrected chi connectivity index (χ1v) is 11.5. The number of thioether (sulfide) groups is 1. The van der Waals surface area contributed by atoms with Crippen LogP contribution in [0.1, 0.15) is 22.8 Å². The number of hydrogen-bond acceptors (Lipinski definition) is 6. The van der Waals surface area contributed by atoms with Crippen LogP contribution < -0.4 is 9.64 Å². The highest BCUT2D eigenvalue weighted by molar-refractivity contribution is 8.18. The lowest BCUT2D eigenvalue weighted by Crippen LogP contribution is -2.53. The summed E-state index contributed by atoms with van der Waals surface area (Å²) in [5.41, 5.74) is 1.70. The first kappa shape index (κ1) is 24.3. The molecule has 0 spiro atoms. The highest BCUT2D eigenvalue weighted by atomic mass is 32.2. The van der Waals surface area contributed by atoms with Crippen LogP contribution in [0.5, 0.6) is 5.75 Å². The van der Waals surface area contributed by atoms with Crippen LogP contribution in [-0.4, -0.2) is 59.9 Å². The van der Waals surface area contributed by atoms with Gasteiger partial charge in [0.15, 0.2) is 11.0 Å². The van der Waals surface area contributed by atoms with Crippen LogP contribution in [0.25, 0.3) is 0 Å². The molecule has 0 N–H and O–H groups in total. The molecule has 10 heteroatoms. The fourth-order valence-electron chi connectivity index (χ4n) is 4.05. The number of likely N-dealkylation sites (N-methyl/N-ethyl adjacent to an activating group) is 1. The van der Waals surface area contributed by atoms with E-state index in [1.165, 1.54) is 40.9 Å². The molecule has 1 atom stereocenters. The summed E-state index contributed by atoms with van der Waals surface area (Å²) in [5, 5.41) is 0.402. The first-order chi connectivity index (χ1) is 16.7. The Labute approximate surface area is 205 Å². The third-order valence-electron chi connectivity index (χ3n) is 5.85. The van der Waals surface area contributed by atoms with E-state index in [0.29, 0.717) is 38.7 Å². The second-order valence-electron chi connectivity index (χ2n) is 8.29. The van der Waals surface area contributed by atoms with Crippen molar-refractivity contribution in [3.05, 3.63) is 69.9 Å². The van der Waals surface area contributed by atoms with Crippen LogP contribution in [0.3, 0.4) is 0 Å². The van der Waals surface area contributed by atoms with Crippen molar-refractivity contribution in [1.82, 2.24) is 4.90 Å². The molecule has 2 heterocycles. The minimum atomic E-state index is -0.859. The van der Waals surface area contributed by atoms with Gasteiger partial charge < -0.3 is 9.64 Å². The predicted molar refractivity (Wildman–Crippen MR) is 129 cm³/mol. The number of carbonyl (C=O) groups is 4. The van der Waals surface area contributed by atoms with Gasteiger partial charge in [0.1, 0.15) is 30.1 Å². The molecule has 0 saturated carbocycles. The molecule has 2 aromatic rings. The topological polar surface area (TPSA) is 87.0 Å². The third-order valence-corrected chi connectivity index (χ3v) is 7.22. The van der Waals surface area contributed by atoms with Gasteiger partial charge in [0.25, 0.3) is 5.91 Å². The highest BCUT2D eigenvalue weighted by Crippen LogP contribution is 2.43. The van der Waals surface area contributed by atoms with Gasteiger partial charge in [-0.2, -0.15) is 9.37 Å². The molecule has 1 unspecified atom stereocenters. The number of hydrogen-bond donors (Lipinski definition) is 0. The van der Waals surface area contributed by atoms with Crippen LogP contribution in [0, 0.1) is 11.7 Å². The minimum absolute atomic E-state index is 0.00971. The average Bonchev–Trinajstić information content (AvgIpc) is 3.19. The van der Waals surface area contributed by atoms with Gasteiger partial charge in [0.2, 0.25) is 0 Å². The van der Waals surface area contributed by atoms with Crippen LogP contribution in [-0.2, 0) is 16.1 Å². The largest absolute Gasteiger partial charge is 0.506 e. The molecule has 2 aliphatic heterocycles. The van der Waals surface area contributed by atoms with Gasteiger partial charge in [-0.1, -0.05) is 0 Å². The van der Waals surface area contributed by atoms with Crippen molar-refractivity contribution < 1.29 is 32.9 Å². The smallest absolute Gasteiger partial charge is 0.496 e. The number of carbonyl (C=O) groups excluding carboxylic acids is 4. The fraction of sp³-hybridized carbons (Fsp3) is 0.240. The van der Waals surface area contributed by atoms with Gasteiger partial charge in [-0.05, 0) is 66.7 Å². The number of amides is 4. The van der Waals surface area contributed by atoms with Crippen molar-refractivity contribution in [3.8, 4) is 5.75 Å². The van der Waals surface area contributed by atoms with Crippen LogP contribution >= 0.6 is 11.8 Å². The Kier molecular flexibility index (Phi) is 6.58. The van der Waals surface area contributed by atoms with Crippen molar-refractivity contribution >= 4 is 46.6 Å². The zero-order valence-corrected chi connectivity index (χ0v) is 20.4. The lowest BCUT2D eigenvalue weighted by molar-refractivity contribution is -0.443. The van der Waals surface area contributed by atoms with E-state index >= 15 is 0 Å². The van der Waals surface area contributed by atoms with Gasteiger partial charge in [-0.3, -0.25) is 9.59 Å². The summed E-state index contributed by atoms with van der Waals surface area (Å²) < 4.78 is 20.4. The van der Waals surface area contributed by atoms with E-state index in [1.807, 2.05) is 0 Å². The maximum absolute atomic E-state index is 13.7. The second kappa shape index (κ2) is 9.46. The number of anilines is 1. The van der Waals surface area contributed by atoms with Crippen molar-refractivity contribution in [3.63, 3.8) is 0 Å². The molecule has 4 amide bonds. The molecule has 180 valence electrons. The summed E-state index contributed by atoms with van der Waals surface area (Å²) in [6.07, 6.45) is 0.690. The number of rotatable bonds is 6. The Bertz CT molecular complexity index is 1320. The number of methoxy groups -OCH3 is 1. The monoisotopic (exact) mass is 496 g/mol. The molecule has 0 fully saturated rings. The zero-order valence-electron chi connectivity index (χ0n) is 19.6. The van der Waals surface area contributed by atoms with Gasteiger partial charge in [-0.15, -0.1) is 4.90 Å². The Morgan fingerprint density at radius 2 is 1.89 bits per heavy atom. The highest BCUT2D eigenvalue weighted by Gasteiger charge is 2.54. The number of nitrogens with zero attached hydrogens (tertiary/aromatic N) is 3. The van der Waals surface area contributed by atoms with Crippen LogP contribution in [0.2, 0.25) is 0 Å². The molecule has 0 aromatic heterocycles. The molecule has 35 heavy (non-hydrogen) atoms. The molecular formula is C25H23FN3O5S+. The van der Waals surface area contributed by atoms with E-state index in [9.17, 15) is 23.6 Å². The molecule has 2 aromatic carbocycles.